The van der Waals surface area contributed by atoms with Crippen LogP contribution in [0.5, 0.6) is 5.75 Å². The molecule has 2 aliphatic rings. The van der Waals surface area contributed by atoms with Gasteiger partial charge in [0.1, 0.15) is 18.0 Å². The number of hydrogen-bond donors (Lipinski definition) is 1. The second-order valence-electron chi connectivity index (χ2n) is 9.67. The molecule has 0 spiro atoms. The molecule has 1 heterocycles. The van der Waals surface area contributed by atoms with Crippen molar-refractivity contribution in [2.24, 2.45) is 11.3 Å². The summed E-state index contributed by atoms with van der Waals surface area (Å²) < 4.78 is 11.5. The number of ketones is 1. The van der Waals surface area contributed by atoms with Gasteiger partial charge in [0.2, 0.25) is 0 Å². The Labute approximate surface area is 203 Å². The smallest absolute Gasteiger partial charge is 0.302 e. The molecule has 0 aromatic heterocycles. The largest absolute Gasteiger partial charge is 0.497 e. The van der Waals surface area contributed by atoms with Crippen LogP contribution in [0.3, 0.4) is 0 Å². The molecule has 5 unspecified atom stereocenters. The van der Waals surface area contributed by atoms with Crippen LogP contribution < -0.4 is 9.64 Å². The minimum absolute atomic E-state index is 0.0910. The second-order valence-corrected chi connectivity index (χ2v) is 9.67. The minimum atomic E-state index is -1.16. The number of fused-ring (bicyclic) bond motifs is 1. The molecule has 1 aliphatic heterocycles. The number of rotatable bonds is 8. The van der Waals surface area contributed by atoms with Gasteiger partial charge in [0.05, 0.1) is 13.0 Å². The van der Waals surface area contributed by atoms with Crippen LogP contribution in [0.25, 0.3) is 0 Å². The zero-order valence-electron chi connectivity index (χ0n) is 21.6. The Hall–Kier alpha value is -2.38. The molecule has 1 aliphatic carbocycles. The lowest BCUT2D eigenvalue weighted by atomic mass is 9.58. The van der Waals surface area contributed by atoms with E-state index in [-0.39, 0.29) is 17.9 Å². The van der Waals surface area contributed by atoms with Crippen LogP contribution in [0.2, 0.25) is 0 Å². The normalized spacial score (nSPS) is 29.8. The highest BCUT2D eigenvalue weighted by Gasteiger charge is 2.60. The molecular formula is C27H40N2O5. The van der Waals surface area contributed by atoms with Gasteiger partial charge in [0.25, 0.3) is 0 Å². The zero-order chi connectivity index (χ0) is 25.2. The maximum Gasteiger partial charge on any atom is 0.302 e. The fourth-order valence-electron chi connectivity index (χ4n) is 6.11. The molecule has 0 bridgehead atoms. The molecule has 1 N–H and O–H groups in total. The molecule has 0 amide bonds. The van der Waals surface area contributed by atoms with E-state index in [0.29, 0.717) is 6.42 Å². The van der Waals surface area contributed by atoms with Crippen molar-refractivity contribution >= 4 is 17.4 Å². The number of carbonyl (C=O) groups excluding carboxylic acids is 2. The van der Waals surface area contributed by atoms with Gasteiger partial charge in [-0.05, 0) is 44.9 Å². The fourth-order valence-corrected chi connectivity index (χ4v) is 6.11. The van der Waals surface area contributed by atoms with E-state index in [0.717, 1.165) is 36.5 Å². The van der Waals surface area contributed by atoms with E-state index < -0.39 is 29.5 Å². The Morgan fingerprint density at radius 3 is 2.59 bits per heavy atom. The third kappa shape index (κ3) is 4.60. The number of likely N-dealkylation sites (N-methyl/N-ethyl adjacent to an activating group) is 1. The number of Topliss-reactive ketones (excluding diaryl/α,β-unsaturated/α-hetero) is 1. The van der Waals surface area contributed by atoms with Crippen molar-refractivity contribution < 1.29 is 24.2 Å². The molecule has 1 fully saturated rings. The topological polar surface area (TPSA) is 79.3 Å². The number of nitrogens with zero attached hydrogens (tertiary/aromatic N) is 2. The number of esters is 1. The molecule has 34 heavy (non-hydrogen) atoms. The molecule has 7 nitrogen and oxygen atoms in total. The van der Waals surface area contributed by atoms with Crippen molar-refractivity contribution in [1.29, 1.82) is 0 Å². The van der Waals surface area contributed by atoms with E-state index in [4.69, 9.17) is 9.47 Å². The third-order valence-electron chi connectivity index (χ3n) is 7.91. The molecule has 1 aromatic rings. The van der Waals surface area contributed by atoms with Crippen molar-refractivity contribution in [2.75, 3.05) is 32.1 Å². The molecule has 0 saturated heterocycles. The lowest BCUT2D eigenvalue weighted by Gasteiger charge is -2.58. The molecule has 0 radical (unpaired) electrons. The lowest BCUT2D eigenvalue weighted by Crippen LogP contribution is -2.68. The molecule has 7 heteroatoms. The summed E-state index contributed by atoms with van der Waals surface area (Å²) in [7, 11) is 3.61. The van der Waals surface area contributed by atoms with Crippen LogP contribution in [-0.4, -0.2) is 73.3 Å². The monoisotopic (exact) mass is 472 g/mol. The second kappa shape index (κ2) is 10.5. The summed E-state index contributed by atoms with van der Waals surface area (Å²) in [5.41, 5.74) is 1.50. The number of benzene rings is 1. The van der Waals surface area contributed by atoms with E-state index >= 15 is 0 Å². The summed E-state index contributed by atoms with van der Waals surface area (Å²) in [5, 5.41) is 10.4. The highest BCUT2D eigenvalue weighted by atomic mass is 16.5. The maximum atomic E-state index is 13.6. The van der Waals surface area contributed by atoms with Crippen molar-refractivity contribution in [2.45, 2.75) is 71.8 Å². The molecule has 6 atom stereocenters. The SMILES string of the molecule is CCN1CC=CC2(CC)C1CC(N(C)c1cc(OC)ccc1C)C(C(=O)C(C)O)[C@@H]2OC(C)=O. The molecular weight excluding hydrogens is 432 g/mol. The molecule has 188 valence electrons. The number of aliphatic hydroxyl groups excluding tert-OH is 1. The van der Waals surface area contributed by atoms with Gasteiger partial charge in [0, 0.05) is 49.8 Å². The van der Waals surface area contributed by atoms with Crippen LogP contribution in [-0.2, 0) is 14.3 Å². The van der Waals surface area contributed by atoms with Crippen LogP contribution >= 0.6 is 0 Å². The van der Waals surface area contributed by atoms with Gasteiger partial charge in [-0.2, -0.15) is 0 Å². The number of anilines is 1. The number of hydrogen-bond acceptors (Lipinski definition) is 7. The van der Waals surface area contributed by atoms with E-state index in [1.165, 1.54) is 13.8 Å². The van der Waals surface area contributed by atoms with E-state index in [1.807, 2.05) is 32.2 Å². The van der Waals surface area contributed by atoms with E-state index in [2.05, 4.69) is 35.8 Å². The van der Waals surface area contributed by atoms with E-state index in [9.17, 15) is 14.7 Å². The van der Waals surface area contributed by atoms with Crippen molar-refractivity contribution in [1.82, 2.24) is 4.90 Å². The predicted octanol–water partition coefficient (Wildman–Crippen LogP) is 3.37. The van der Waals surface area contributed by atoms with Crippen LogP contribution in [0, 0.1) is 18.3 Å². The molecule has 1 saturated carbocycles. The average molecular weight is 473 g/mol. The van der Waals surface area contributed by atoms with Gasteiger partial charge in [-0.3, -0.25) is 14.5 Å². The first kappa shape index (κ1) is 26.2. The van der Waals surface area contributed by atoms with Gasteiger partial charge in [-0.1, -0.05) is 32.1 Å². The number of ether oxygens (including phenoxy) is 2. The number of carbonyl (C=O) groups is 2. The zero-order valence-corrected chi connectivity index (χ0v) is 21.6. The Kier molecular flexibility index (Phi) is 8.09. The minimum Gasteiger partial charge on any atom is -0.497 e. The highest BCUT2D eigenvalue weighted by molar-refractivity contribution is 5.87. The molecule has 3 rings (SSSR count). The summed E-state index contributed by atoms with van der Waals surface area (Å²) in [6, 6.07) is 5.71. The number of aliphatic hydroxyl groups is 1. The number of methoxy groups -OCH3 is 1. The summed E-state index contributed by atoms with van der Waals surface area (Å²) in [4.78, 5) is 30.5. The van der Waals surface area contributed by atoms with Crippen LogP contribution in [0.1, 0.15) is 46.1 Å². The highest BCUT2D eigenvalue weighted by Crippen LogP contribution is 2.51. The summed E-state index contributed by atoms with van der Waals surface area (Å²) >= 11 is 0. The van der Waals surface area contributed by atoms with Crippen LogP contribution in [0.4, 0.5) is 5.69 Å². The van der Waals surface area contributed by atoms with E-state index in [1.54, 1.807) is 7.11 Å². The van der Waals surface area contributed by atoms with Gasteiger partial charge >= 0.3 is 5.97 Å². The Morgan fingerprint density at radius 1 is 1.32 bits per heavy atom. The van der Waals surface area contributed by atoms with Gasteiger partial charge in [-0.15, -0.1) is 0 Å². The summed E-state index contributed by atoms with van der Waals surface area (Å²) in [6.45, 7) is 10.8. The van der Waals surface area contributed by atoms with Crippen LogP contribution in [0.15, 0.2) is 30.4 Å². The first-order chi connectivity index (χ1) is 16.1. The summed E-state index contributed by atoms with van der Waals surface area (Å²) in [6.07, 6.45) is 3.87. The Bertz CT molecular complexity index is 930. The van der Waals surface area contributed by atoms with Gasteiger partial charge in [-0.25, -0.2) is 0 Å². The number of aryl methyl sites for hydroxylation is 1. The molecule has 1 aromatic carbocycles. The predicted molar refractivity (Wildman–Crippen MR) is 133 cm³/mol. The summed E-state index contributed by atoms with van der Waals surface area (Å²) in [5.74, 6) is -0.658. The first-order valence-electron chi connectivity index (χ1n) is 12.3. The van der Waals surface area contributed by atoms with Crippen molar-refractivity contribution in [3.63, 3.8) is 0 Å². The Balaban J connectivity index is 2.20. The first-order valence-corrected chi connectivity index (χ1v) is 12.3. The van der Waals surface area contributed by atoms with Gasteiger partial charge < -0.3 is 19.5 Å². The standard InChI is InChI=1S/C27H40N2O5/c1-8-27-13-10-14-29(9-2)23(27)16-22(24(25(32)18(4)30)26(27)34-19(5)31)28(6)21-15-20(33-7)12-11-17(21)3/h10-13,15,18,22-24,26,30H,8-9,14,16H2,1-7H3/t18?,22?,23?,24?,26-,27?/m0/s1. The van der Waals surface area contributed by atoms with Gasteiger partial charge in [0.15, 0.2) is 5.78 Å². The maximum absolute atomic E-state index is 13.6. The fraction of sp³-hybridized carbons (Fsp3) is 0.630. The van der Waals surface area contributed by atoms with Crippen molar-refractivity contribution in [3.05, 3.63) is 35.9 Å². The quantitative estimate of drug-likeness (QED) is 0.459. The average Bonchev–Trinajstić information content (AvgIpc) is 2.82. The Morgan fingerprint density at radius 2 is 2.03 bits per heavy atom. The van der Waals surface area contributed by atoms with Crippen molar-refractivity contribution in [3.8, 4) is 5.75 Å². The third-order valence-corrected chi connectivity index (χ3v) is 7.91. The lowest BCUT2D eigenvalue weighted by molar-refractivity contribution is -0.174.